The van der Waals surface area contributed by atoms with Crippen LogP contribution in [-0.2, 0) is 20.9 Å². The minimum absolute atomic E-state index is 0.0932. The predicted octanol–water partition coefficient (Wildman–Crippen LogP) is 1.55. The van der Waals surface area contributed by atoms with Crippen molar-refractivity contribution in [3.05, 3.63) is 35.2 Å². The number of carboxylic acids is 1. The topological polar surface area (TPSA) is 76.5 Å². The molecule has 0 radical (unpaired) electrons. The largest absolute Gasteiger partial charge is 0.478 e. The number of hydrogen-bond donors (Lipinski definition) is 1. The molecule has 0 fully saturated rings. The Labute approximate surface area is 98.7 Å². The van der Waals surface area contributed by atoms with Crippen molar-refractivity contribution in [3.63, 3.8) is 0 Å². The fraction of sp³-hybridized carbons (Fsp3) is 0.250. The number of rotatable bonds is 4. The van der Waals surface area contributed by atoms with E-state index in [4.69, 9.17) is 9.84 Å². The Morgan fingerprint density at radius 3 is 2.76 bits per heavy atom. The molecule has 0 aliphatic rings. The summed E-state index contributed by atoms with van der Waals surface area (Å²) in [6.07, 6.45) is 2.40. The number of aryl methyl sites for hydroxylation is 1. The van der Waals surface area contributed by atoms with Gasteiger partial charge in [0.1, 0.15) is 6.61 Å². The molecule has 0 saturated heterocycles. The van der Waals surface area contributed by atoms with E-state index in [9.17, 15) is 9.59 Å². The standard InChI is InChI=1S/C12H13NO4/c1-8-3-4-10(5-6-12(15)16)13-11(8)7-17-9(2)14/h3-6H,7H2,1-2H3,(H,15,16)/b6-5+. The molecule has 1 heterocycles. The van der Waals surface area contributed by atoms with Crippen LogP contribution in [0.2, 0.25) is 0 Å². The molecule has 0 aromatic carbocycles. The summed E-state index contributed by atoms with van der Waals surface area (Å²) in [6, 6.07) is 3.50. The third kappa shape index (κ3) is 4.46. The van der Waals surface area contributed by atoms with Crippen molar-refractivity contribution in [2.75, 3.05) is 0 Å². The highest BCUT2D eigenvalue weighted by Crippen LogP contribution is 2.09. The van der Waals surface area contributed by atoms with Gasteiger partial charge in [0.2, 0.25) is 0 Å². The second-order valence-corrected chi connectivity index (χ2v) is 3.45. The molecule has 0 aliphatic heterocycles. The van der Waals surface area contributed by atoms with E-state index in [1.807, 2.05) is 6.92 Å². The highest BCUT2D eigenvalue weighted by atomic mass is 16.5. The van der Waals surface area contributed by atoms with Gasteiger partial charge in [-0.1, -0.05) is 6.07 Å². The number of hydrogen-bond acceptors (Lipinski definition) is 4. The lowest BCUT2D eigenvalue weighted by Gasteiger charge is -2.05. The number of pyridine rings is 1. The lowest BCUT2D eigenvalue weighted by molar-refractivity contribution is -0.142. The third-order valence-corrected chi connectivity index (χ3v) is 2.03. The molecule has 17 heavy (non-hydrogen) atoms. The van der Waals surface area contributed by atoms with Crippen LogP contribution in [0.4, 0.5) is 0 Å². The number of carbonyl (C=O) groups excluding carboxylic acids is 1. The van der Waals surface area contributed by atoms with Crippen LogP contribution in [0.3, 0.4) is 0 Å². The Morgan fingerprint density at radius 2 is 2.18 bits per heavy atom. The summed E-state index contributed by atoms with van der Waals surface area (Å²) >= 11 is 0. The second kappa shape index (κ2) is 5.79. The second-order valence-electron chi connectivity index (χ2n) is 3.45. The Bertz CT molecular complexity index is 466. The average molecular weight is 235 g/mol. The maximum absolute atomic E-state index is 10.7. The van der Waals surface area contributed by atoms with Crippen LogP contribution < -0.4 is 0 Å². The van der Waals surface area contributed by atoms with Gasteiger partial charge in [0.25, 0.3) is 0 Å². The Balaban J connectivity index is 2.86. The van der Waals surface area contributed by atoms with Crippen LogP contribution >= 0.6 is 0 Å². The summed E-state index contributed by atoms with van der Waals surface area (Å²) in [5.41, 5.74) is 2.02. The summed E-state index contributed by atoms with van der Waals surface area (Å²) in [5, 5.41) is 8.49. The Hall–Kier alpha value is -2.17. The number of ether oxygens (including phenoxy) is 1. The molecular formula is C12H13NO4. The summed E-state index contributed by atoms with van der Waals surface area (Å²) in [5.74, 6) is -1.41. The van der Waals surface area contributed by atoms with E-state index < -0.39 is 5.97 Å². The Morgan fingerprint density at radius 1 is 1.47 bits per heavy atom. The van der Waals surface area contributed by atoms with Gasteiger partial charge in [-0.25, -0.2) is 9.78 Å². The first-order chi connectivity index (χ1) is 7.99. The van der Waals surface area contributed by atoms with E-state index in [1.54, 1.807) is 12.1 Å². The molecule has 1 aromatic rings. The van der Waals surface area contributed by atoms with Crippen molar-refractivity contribution in [1.29, 1.82) is 0 Å². The molecule has 5 nitrogen and oxygen atoms in total. The molecule has 0 atom stereocenters. The molecule has 0 aliphatic carbocycles. The van der Waals surface area contributed by atoms with E-state index in [0.717, 1.165) is 11.6 Å². The minimum atomic E-state index is -1.03. The summed E-state index contributed by atoms with van der Waals surface area (Å²) in [7, 11) is 0. The predicted molar refractivity (Wildman–Crippen MR) is 61.1 cm³/mol. The Kier molecular flexibility index (Phi) is 4.39. The monoisotopic (exact) mass is 235 g/mol. The first-order valence-corrected chi connectivity index (χ1v) is 5.00. The van der Waals surface area contributed by atoms with E-state index in [0.29, 0.717) is 11.4 Å². The fourth-order valence-electron chi connectivity index (χ4n) is 1.15. The zero-order chi connectivity index (χ0) is 12.8. The van der Waals surface area contributed by atoms with Gasteiger partial charge in [0.15, 0.2) is 0 Å². The van der Waals surface area contributed by atoms with Crippen LogP contribution in [0.1, 0.15) is 23.9 Å². The molecule has 0 unspecified atom stereocenters. The average Bonchev–Trinajstić information content (AvgIpc) is 2.26. The number of aromatic nitrogens is 1. The van der Waals surface area contributed by atoms with Gasteiger partial charge in [0.05, 0.1) is 11.4 Å². The normalized spacial score (nSPS) is 10.5. The number of nitrogens with zero attached hydrogens (tertiary/aromatic N) is 1. The highest BCUT2D eigenvalue weighted by molar-refractivity contribution is 5.84. The number of carbonyl (C=O) groups is 2. The first-order valence-electron chi connectivity index (χ1n) is 5.00. The van der Waals surface area contributed by atoms with E-state index in [2.05, 4.69) is 4.98 Å². The van der Waals surface area contributed by atoms with Crippen LogP contribution in [0, 0.1) is 6.92 Å². The molecule has 1 aromatic heterocycles. The van der Waals surface area contributed by atoms with E-state index in [1.165, 1.54) is 13.0 Å². The molecule has 5 heteroatoms. The molecule has 0 amide bonds. The smallest absolute Gasteiger partial charge is 0.328 e. The van der Waals surface area contributed by atoms with Gasteiger partial charge < -0.3 is 9.84 Å². The fourth-order valence-corrected chi connectivity index (χ4v) is 1.15. The molecule has 0 bridgehead atoms. The van der Waals surface area contributed by atoms with Crippen molar-refractivity contribution in [3.8, 4) is 0 Å². The van der Waals surface area contributed by atoms with Crippen molar-refractivity contribution in [2.45, 2.75) is 20.5 Å². The zero-order valence-electron chi connectivity index (χ0n) is 9.64. The molecule has 1 rings (SSSR count). The van der Waals surface area contributed by atoms with Crippen LogP contribution in [0.5, 0.6) is 0 Å². The third-order valence-electron chi connectivity index (χ3n) is 2.03. The minimum Gasteiger partial charge on any atom is -0.478 e. The van der Waals surface area contributed by atoms with Crippen molar-refractivity contribution in [1.82, 2.24) is 4.98 Å². The van der Waals surface area contributed by atoms with Crippen molar-refractivity contribution in [2.24, 2.45) is 0 Å². The first kappa shape index (κ1) is 12.9. The zero-order valence-corrected chi connectivity index (χ0v) is 9.64. The van der Waals surface area contributed by atoms with Gasteiger partial charge in [-0.2, -0.15) is 0 Å². The van der Waals surface area contributed by atoms with Crippen molar-refractivity contribution >= 4 is 18.0 Å². The van der Waals surface area contributed by atoms with Crippen LogP contribution in [0.25, 0.3) is 6.08 Å². The summed E-state index contributed by atoms with van der Waals surface area (Å²) < 4.78 is 4.85. The molecule has 0 spiro atoms. The van der Waals surface area contributed by atoms with E-state index in [-0.39, 0.29) is 12.6 Å². The molecule has 90 valence electrons. The van der Waals surface area contributed by atoms with Gasteiger partial charge in [-0.3, -0.25) is 4.79 Å². The summed E-state index contributed by atoms with van der Waals surface area (Å²) in [6.45, 7) is 3.26. The van der Waals surface area contributed by atoms with Crippen molar-refractivity contribution < 1.29 is 19.4 Å². The maximum atomic E-state index is 10.7. The maximum Gasteiger partial charge on any atom is 0.328 e. The number of carboxylic acid groups (broad SMARTS) is 1. The van der Waals surface area contributed by atoms with Gasteiger partial charge in [-0.15, -0.1) is 0 Å². The quantitative estimate of drug-likeness (QED) is 0.633. The van der Waals surface area contributed by atoms with Gasteiger partial charge in [0, 0.05) is 13.0 Å². The lowest BCUT2D eigenvalue weighted by Crippen LogP contribution is -2.03. The number of esters is 1. The van der Waals surface area contributed by atoms with E-state index >= 15 is 0 Å². The summed E-state index contributed by atoms with van der Waals surface area (Å²) in [4.78, 5) is 25.2. The van der Waals surface area contributed by atoms with Crippen LogP contribution in [-0.4, -0.2) is 22.0 Å². The van der Waals surface area contributed by atoms with Gasteiger partial charge >= 0.3 is 11.9 Å². The molecular weight excluding hydrogens is 222 g/mol. The number of aliphatic carboxylic acids is 1. The van der Waals surface area contributed by atoms with Crippen LogP contribution in [0.15, 0.2) is 18.2 Å². The van der Waals surface area contributed by atoms with Gasteiger partial charge in [-0.05, 0) is 24.6 Å². The highest BCUT2D eigenvalue weighted by Gasteiger charge is 2.03. The SMILES string of the molecule is CC(=O)OCc1nc(/C=C/C(=O)O)ccc1C. The molecule has 1 N–H and O–H groups in total. The lowest BCUT2D eigenvalue weighted by atomic mass is 10.2. The molecule has 0 saturated carbocycles.